The number of furan rings is 1. The molecule has 1 saturated carbocycles. The molecule has 1 aliphatic carbocycles. The molecule has 0 unspecified atom stereocenters. The molecule has 3 aromatic heterocycles. The van der Waals surface area contributed by atoms with Gasteiger partial charge >= 0.3 is 0 Å². The number of rotatable bonds is 5. The van der Waals surface area contributed by atoms with Crippen molar-refractivity contribution in [2.24, 2.45) is 7.05 Å². The summed E-state index contributed by atoms with van der Waals surface area (Å²) < 4.78 is 7.25. The van der Waals surface area contributed by atoms with Gasteiger partial charge in [-0.15, -0.1) is 0 Å². The number of fused-ring (bicyclic) bond motifs is 1. The number of carbonyl (C=O) groups excluding carboxylic acids is 1. The van der Waals surface area contributed by atoms with Crippen LogP contribution < -0.4 is 10.6 Å². The lowest BCUT2D eigenvalue weighted by molar-refractivity contribution is 0.0949. The van der Waals surface area contributed by atoms with Crippen LogP contribution in [0.3, 0.4) is 0 Å². The minimum absolute atomic E-state index is 0.0259. The zero-order valence-electron chi connectivity index (χ0n) is 14.3. The second-order valence-electron chi connectivity index (χ2n) is 6.64. The standard InChI is InChI=1S/C16H19N7O2/c1-9-11(14(24)17-6-10-20-8-23(3)22-10)12-13(21-16(2)4-5-16)18-7-19-15(12)25-9/h7-8H,4-6H2,1-3H3,(H,17,24)(H,18,19,21). The quantitative estimate of drug-likeness (QED) is 0.724. The zero-order valence-corrected chi connectivity index (χ0v) is 14.3. The molecular weight excluding hydrogens is 322 g/mol. The second kappa shape index (κ2) is 5.54. The summed E-state index contributed by atoms with van der Waals surface area (Å²) in [4.78, 5) is 25.3. The lowest BCUT2D eigenvalue weighted by Crippen LogP contribution is -2.24. The summed E-state index contributed by atoms with van der Waals surface area (Å²) in [5.41, 5.74) is 0.872. The van der Waals surface area contributed by atoms with Crippen LogP contribution in [0.2, 0.25) is 0 Å². The molecule has 0 bridgehead atoms. The lowest BCUT2D eigenvalue weighted by Gasteiger charge is -2.13. The average molecular weight is 341 g/mol. The number of nitrogens with one attached hydrogen (secondary N) is 2. The van der Waals surface area contributed by atoms with Gasteiger partial charge in [-0.1, -0.05) is 0 Å². The molecule has 0 radical (unpaired) electrons. The Labute approximate surface area is 143 Å². The number of hydrogen-bond acceptors (Lipinski definition) is 7. The van der Waals surface area contributed by atoms with Crippen molar-refractivity contribution < 1.29 is 9.21 Å². The van der Waals surface area contributed by atoms with Gasteiger partial charge in [0.1, 0.15) is 24.2 Å². The Morgan fingerprint density at radius 2 is 2.16 bits per heavy atom. The third kappa shape index (κ3) is 2.92. The van der Waals surface area contributed by atoms with Crippen LogP contribution in [-0.4, -0.2) is 36.2 Å². The molecule has 0 atom stereocenters. The SMILES string of the molecule is Cc1oc2ncnc(NC3(C)CC3)c2c1C(=O)NCc1ncn(C)n1. The number of hydrogen-bond donors (Lipinski definition) is 2. The van der Waals surface area contributed by atoms with E-state index in [4.69, 9.17) is 4.42 Å². The predicted octanol–water partition coefficient (Wildman–Crippen LogP) is 1.55. The zero-order chi connectivity index (χ0) is 17.6. The average Bonchev–Trinajstić information content (AvgIpc) is 2.99. The fraction of sp³-hybridized carbons (Fsp3) is 0.438. The summed E-state index contributed by atoms with van der Waals surface area (Å²) in [6.45, 7) is 4.11. The minimum atomic E-state index is -0.262. The van der Waals surface area contributed by atoms with E-state index in [-0.39, 0.29) is 18.0 Å². The van der Waals surface area contributed by atoms with Crippen molar-refractivity contribution >= 4 is 22.8 Å². The van der Waals surface area contributed by atoms with Crippen molar-refractivity contribution in [1.29, 1.82) is 0 Å². The van der Waals surface area contributed by atoms with Crippen LogP contribution >= 0.6 is 0 Å². The smallest absolute Gasteiger partial charge is 0.256 e. The first-order valence-corrected chi connectivity index (χ1v) is 8.10. The summed E-state index contributed by atoms with van der Waals surface area (Å²) in [7, 11) is 1.78. The van der Waals surface area contributed by atoms with Crippen molar-refractivity contribution in [3.63, 3.8) is 0 Å². The van der Waals surface area contributed by atoms with E-state index in [2.05, 4.69) is 37.6 Å². The molecular formula is C16H19N7O2. The number of carbonyl (C=O) groups is 1. The van der Waals surface area contributed by atoms with Crippen LogP contribution in [0.1, 0.15) is 41.7 Å². The van der Waals surface area contributed by atoms with Crippen molar-refractivity contribution in [1.82, 2.24) is 30.0 Å². The fourth-order valence-corrected chi connectivity index (χ4v) is 2.72. The van der Waals surface area contributed by atoms with Crippen LogP contribution in [0.5, 0.6) is 0 Å². The topological polar surface area (TPSA) is 111 Å². The van der Waals surface area contributed by atoms with Gasteiger partial charge in [0, 0.05) is 12.6 Å². The monoisotopic (exact) mass is 341 g/mol. The highest BCUT2D eigenvalue weighted by Crippen LogP contribution is 2.40. The molecule has 25 heavy (non-hydrogen) atoms. The Morgan fingerprint density at radius 3 is 2.84 bits per heavy atom. The van der Waals surface area contributed by atoms with Crippen molar-refractivity contribution in [3.8, 4) is 0 Å². The molecule has 3 aromatic rings. The second-order valence-corrected chi connectivity index (χ2v) is 6.64. The van der Waals surface area contributed by atoms with Crippen LogP contribution in [0.4, 0.5) is 5.82 Å². The number of amides is 1. The van der Waals surface area contributed by atoms with Gasteiger partial charge in [-0.3, -0.25) is 9.48 Å². The van der Waals surface area contributed by atoms with E-state index in [1.165, 1.54) is 6.33 Å². The van der Waals surface area contributed by atoms with Gasteiger partial charge in [-0.2, -0.15) is 5.10 Å². The molecule has 2 N–H and O–H groups in total. The van der Waals surface area contributed by atoms with Crippen molar-refractivity contribution in [2.45, 2.75) is 38.8 Å². The van der Waals surface area contributed by atoms with Gasteiger partial charge in [0.05, 0.1) is 17.5 Å². The Balaban J connectivity index is 1.65. The molecule has 0 aromatic carbocycles. The van der Waals surface area contributed by atoms with E-state index in [9.17, 15) is 4.79 Å². The molecule has 9 nitrogen and oxygen atoms in total. The van der Waals surface area contributed by atoms with Gasteiger partial charge in [0.2, 0.25) is 5.71 Å². The van der Waals surface area contributed by atoms with Crippen LogP contribution in [0.15, 0.2) is 17.1 Å². The maximum absolute atomic E-state index is 12.7. The van der Waals surface area contributed by atoms with Gasteiger partial charge in [0.25, 0.3) is 5.91 Å². The van der Waals surface area contributed by atoms with Crippen molar-refractivity contribution in [3.05, 3.63) is 29.8 Å². The van der Waals surface area contributed by atoms with E-state index in [0.29, 0.717) is 34.1 Å². The van der Waals surface area contributed by atoms with E-state index in [0.717, 1.165) is 12.8 Å². The minimum Gasteiger partial charge on any atom is -0.442 e. The Hall–Kier alpha value is -2.97. The number of nitrogens with zero attached hydrogens (tertiary/aromatic N) is 5. The number of aromatic nitrogens is 5. The molecule has 0 aliphatic heterocycles. The van der Waals surface area contributed by atoms with Gasteiger partial charge in [0.15, 0.2) is 5.82 Å². The molecule has 1 aliphatic rings. The Kier molecular flexibility index (Phi) is 3.45. The van der Waals surface area contributed by atoms with Gasteiger partial charge in [-0.05, 0) is 26.7 Å². The van der Waals surface area contributed by atoms with Gasteiger partial charge < -0.3 is 15.1 Å². The number of aryl methyl sites for hydroxylation is 2. The fourth-order valence-electron chi connectivity index (χ4n) is 2.72. The maximum atomic E-state index is 12.7. The summed E-state index contributed by atoms with van der Waals surface area (Å²) in [6.07, 6.45) is 5.18. The molecule has 1 fully saturated rings. The summed E-state index contributed by atoms with van der Waals surface area (Å²) >= 11 is 0. The Morgan fingerprint density at radius 1 is 1.36 bits per heavy atom. The third-order valence-corrected chi connectivity index (χ3v) is 4.37. The normalized spacial score (nSPS) is 15.3. The molecule has 9 heteroatoms. The highest BCUT2D eigenvalue weighted by Gasteiger charge is 2.38. The van der Waals surface area contributed by atoms with Crippen LogP contribution in [0, 0.1) is 6.92 Å². The maximum Gasteiger partial charge on any atom is 0.256 e. The largest absolute Gasteiger partial charge is 0.442 e. The van der Waals surface area contributed by atoms with Gasteiger partial charge in [-0.25, -0.2) is 15.0 Å². The highest BCUT2D eigenvalue weighted by atomic mass is 16.3. The van der Waals surface area contributed by atoms with Crippen LogP contribution in [0.25, 0.3) is 11.1 Å². The third-order valence-electron chi connectivity index (χ3n) is 4.37. The van der Waals surface area contributed by atoms with Crippen molar-refractivity contribution in [2.75, 3.05) is 5.32 Å². The summed E-state index contributed by atoms with van der Waals surface area (Å²) in [5.74, 6) is 1.41. The lowest BCUT2D eigenvalue weighted by atomic mass is 10.1. The first kappa shape index (κ1) is 15.6. The Bertz CT molecular complexity index is 955. The van der Waals surface area contributed by atoms with E-state index >= 15 is 0 Å². The summed E-state index contributed by atoms with van der Waals surface area (Å²) in [6, 6.07) is 0. The molecule has 3 heterocycles. The molecule has 1 amide bonds. The van der Waals surface area contributed by atoms with E-state index < -0.39 is 0 Å². The number of anilines is 1. The molecule has 130 valence electrons. The summed E-state index contributed by atoms with van der Waals surface area (Å²) in [5, 5.41) is 11.0. The highest BCUT2D eigenvalue weighted by molar-refractivity contribution is 6.10. The van der Waals surface area contributed by atoms with E-state index in [1.807, 2.05) is 0 Å². The molecule has 0 spiro atoms. The molecule has 0 saturated heterocycles. The first-order chi connectivity index (χ1) is 12.0. The van der Waals surface area contributed by atoms with E-state index in [1.54, 1.807) is 25.0 Å². The van der Waals surface area contributed by atoms with Crippen LogP contribution in [-0.2, 0) is 13.6 Å². The predicted molar refractivity (Wildman–Crippen MR) is 90.0 cm³/mol. The molecule has 4 rings (SSSR count). The first-order valence-electron chi connectivity index (χ1n) is 8.10.